The topological polar surface area (TPSA) is 95.8 Å². The number of oxime groups is 1. The van der Waals surface area contributed by atoms with Gasteiger partial charge in [0.25, 0.3) is 0 Å². The molecule has 0 spiro atoms. The molecule has 0 aliphatic heterocycles. The predicted molar refractivity (Wildman–Crippen MR) is 115 cm³/mol. The van der Waals surface area contributed by atoms with Crippen molar-refractivity contribution >= 4 is 22.8 Å². The van der Waals surface area contributed by atoms with Crippen LogP contribution in [-0.2, 0) is 9.53 Å². The first kappa shape index (κ1) is 22.0. The fraction of sp³-hybridized carbons (Fsp3) is 0.304. The number of ether oxygens (including phenoxy) is 5. The number of hydrogen-bond donors (Lipinski definition) is 1. The summed E-state index contributed by atoms with van der Waals surface area (Å²) in [6.07, 6.45) is -0.394. The van der Waals surface area contributed by atoms with E-state index in [2.05, 4.69) is 5.16 Å². The minimum atomic E-state index is -0.620. The highest BCUT2D eigenvalue weighted by Gasteiger charge is 2.36. The molecular formula is C23H25NO7. The van der Waals surface area contributed by atoms with E-state index < -0.39 is 12.1 Å². The lowest BCUT2D eigenvalue weighted by molar-refractivity contribution is -0.143. The lowest BCUT2D eigenvalue weighted by Gasteiger charge is -2.18. The first-order valence-corrected chi connectivity index (χ1v) is 9.54. The van der Waals surface area contributed by atoms with Crippen LogP contribution in [0, 0.1) is 0 Å². The molecule has 2 aromatic rings. The van der Waals surface area contributed by atoms with Crippen molar-refractivity contribution < 1.29 is 33.7 Å². The molecule has 1 atom stereocenters. The Hall–Kier alpha value is -3.68. The van der Waals surface area contributed by atoms with Gasteiger partial charge in [-0.3, -0.25) is 4.79 Å². The monoisotopic (exact) mass is 427 g/mol. The van der Waals surface area contributed by atoms with Crippen LogP contribution in [0.25, 0.3) is 11.1 Å². The van der Waals surface area contributed by atoms with E-state index >= 15 is 0 Å². The minimum Gasteiger partial charge on any atom is -0.497 e. The molecule has 1 unspecified atom stereocenters. The van der Waals surface area contributed by atoms with Gasteiger partial charge in [-0.2, -0.15) is 0 Å². The zero-order chi connectivity index (χ0) is 22.5. The average molecular weight is 427 g/mol. The van der Waals surface area contributed by atoms with Gasteiger partial charge in [-0.15, -0.1) is 0 Å². The molecule has 0 bridgehead atoms. The number of hydrogen-bond acceptors (Lipinski definition) is 8. The summed E-state index contributed by atoms with van der Waals surface area (Å²) in [5, 5.41) is 13.3. The number of rotatable bonds is 7. The first-order chi connectivity index (χ1) is 15.0. The van der Waals surface area contributed by atoms with Crippen LogP contribution in [0.1, 0.15) is 24.5 Å². The maximum absolute atomic E-state index is 11.8. The lowest BCUT2D eigenvalue weighted by Crippen LogP contribution is -2.16. The molecule has 8 heteroatoms. The molecule has 31 heavy (non-hydrogen) atoms. The Labute approximate surface area is 180 Å². The van der Waals surface area contributed by atoms with Crippen molar-refractivity contribution in [2.75, 3.05) is 28.4 Å². The average Bonchev–Trinajstić information content (AvgIpc) is 3.15. The van der Waals surface area contributed by atoms with Gasteiger partial charge in [0, 0.05) is 24.5 Å². The summed E-state index contributed by atoms with van der Waals surface area (Å²) >= 11 is 0. The SMILES string of the molecule is COc1ccc(C2=C(c3cc(OC)c(OC)c(OC)c3)/C(=N\O)CC2OC(C)=O)cc1. The highest BCUT2D eigenvalue weighted by Crippen LogP contribution is 2.45. The summed E-state index contributed by atoms with van der Waals surface area (Å²) in [5.74, 6) is 1.60. The van der Waals surface area contributed by atoms with Gasteiger partial charge in [0.1, 0.15) is 11.9 Å². The molecule has 0 radical (unpaired) electrons. The molecule has 1 aliphatic carbocycles. The van der Waals surface area contributed by atoms with Crippen LogP contribution in [0.15, 0.2) is 41.6 Å². The molecule has 0 saturated carbocycles. The maximum Gasteiger partial charge on any atom is 0.303 e. The van der Waals surface area contributed by atoms with E-state index in [1.165, 1.54) is 28.3 Å². The number of methoxy groups -OCH3 is 4. The maximum atomic E-state index is 11.8. The standard InChI is InChI=1S/C23H25NO7/c1-13(25)31-18-12-17(24-26)21(22(18)14-6-8-16(27-2)9-7-14)15-10-19(28-3)23(30-5)20(11-15)29-4/h6-11,18,26H,12H2,1-5H3/b24-17-. The van der Waals surface area contributed by atoms with Crippen LogP contribution < -0.4 is 18.9 Å². The van der Waals surface area contributed by atoms with Crippen LogP contribution in [0.3, 0.4) is 0 Å². The summed E-state index contributed by atoms with van der Waals surface area (Å²) in [5.41, 5.74) is 3.18. The molecular weight excluding hydrogens is 402 g/mol. The van der Waals surface area contributed by atoms with Crippen molar-refractivity contribution in [3.05, 3.63) is 47.5 Å². The van der Waals surface area contributed by atoms with E-state index in [9.17, 15) is 10.0 Å². The molecule has 8 nitrogen and oxygen atoms in total. The van der Waals surface area contributed by atoms with E-state index in [0.717, 1.165) is 5.56 Å². The molecule has 3 rings (SSSR count). The number of benzene rings is 2. The van der Waals surface area contributed by atoms with Gasteiger partial charge in [-0.1, -0.05) is 17.3 Å². The third-order valence-electron chi connectivity index (χ3n) is 5.04. The van der Waals surface area contributed by atoms with Gasteiger partial charge < -0.3 is 28.9 Å². The molecule has 0 saturated heterocycles. The largest absolute Gasteiger partial charge is 0.497 e. The van der Waals surface area contributed by atoms with Gasteiger partial charge in [0.15, 0.2) is 11.5 Å². The minimum absolute atomic E-state index is 0.226. The predicted octanol–water partition coefficient (Wildman–Crippen LogP) is 3.80. The van der Waals surface area contributed by atoms with Gasteiger partial charge >= 0.3 is 5.97 Å². The van der Waals surface area contributed by atoms with Crippen LogP contribution in [0.4, 0.5) is 0 Å². The number of nitrogens with zero attached hydrogens (tertiary/aromatic N) is 1. The zero-order valence-electron chi connectivity index (χ0n) is 18.1. The summed E-state index contributed by atoms with van der Waals surface area (Å²) in [6, 6.07) is 10.9. The molecule has 0 heterocycles. The second-order valence-corrected chi connectivity index (χ2v) is 6.78. The highest BCUT2D eigenvalue weighted by atomic mass is 16.5. The molecule has 0 fully saturated rings. The Morgan fingerprint density at radius 2 is 1.55 bits per heavy atom. The van der Waals surface area contributed by atoms with Crippen molar-refractivity contribution in [1.29, 1.82) is 0 Å². The summed E-state index contributed by atoms with van der Waals surface area (Å²) < 4.78 is 27.2. The fourth-order valence-corrected chi connectivity index (χ4v) is 3.74. The van der Waals surface area contributed by atoms with Gasteiger partial charge in [-0.25, -0.2) is 0 Å². The van der Waals surface area contributed by atoms with E-state index in [1.54, 1.807) is 19.2 Å². The quantitative estimate of drug-likeness (QED) is 0.408. The third kappa shape index (κ3) is 4.28. The molecule has 164 valence electrons. The molecule has 0 amide bonds. The molecule has 0 aromatic heterocycles. The second-order valence-electron chi connectivity index (χ2n) is 6.78. The Balaban J connectivity index is 2.29. The van der Waals surface area contributed by atoms with Crippen molar-refractivity contribution in [3.8, 4) is 23.0 Å². The molecule has 1 N–H and O–H groups in total. The number of allylic oxidation sites excluding steroid dienone is 1. The van der Waals surface area contributed by atoms with Gasteiger partial charge in [0.05, 0.1) is 34.2 Å². The van der Waals surface area contributed by atoms with Crippen molar-refractivity contribution in [2.45, 2.75) is 19.4 Å². The van der Waals surface area contributed by atoms with E-state index in [4.69, 9.17) is 23.7 Å². The van der Waals surface area contributed by atoms with Crippen molar-refractivity contribution in [1.82, 2.24) is 0 Å². The lowest BCUT2D eigenvalue weighted by atomic mass is 9.95. The highest BCUT2D eigenvalue weighted by molar-refractivity contribution is 6.34. The summed E-state index contributed by atoms with van der Waals surface area (Å²) in [6.45, 7) is 1.35. The van der Waals surface area contributed by atoms with E-state index in [0.29, 0.717) is 45.4 Å². The second kappa shape index (κ2) is 9.42. The Kier molecular flexibility index (Phi) is 6.69. The van der Waals surface area contributed by atoms with Gasteiger partial charge in [-0.05, 0) is 35.4 Å². The molecule has 1 aliphatic rings. The summed E-state index contributed by atoms with van der Waals surface area (Å²) in [7, 11) is 6.16. The van der Waals surface area contributed by atoms with Gasteiger partial charge in [0.2, 0.25) is 5.75 Å². The Morgan fingerprint density at radius 3 is 2.00 bits per heavy atom. The van der Waals surface area contributed by atoms with Crippen LogP contribution in [0.5, 0.6) is 23.0 Å². The molecule has 2 aromatic carbocycles. The summed E-state index contributed by atoms with van der Waals surface area (Å²) in [4.78, 5) is 11.8. The van der Waals surface area contributed by atoms with Crippen molar-refractivity contribution in [3.63, 3.8) is 0 Å². The van der Waals surface area contributed by atoms with Crippen LogP contribution in [0.2, 0.25) is 0 Å². The number of carbonyl (C=O) groups excluding carboxylic acids is 1. The smallest absolute Gasteiger partial charge is 0.303 e. The fourth-order valence-electron chi connectivity index (χ4n) is 3.74. The van der Waals surface area contributed by atoms with Crippen molar-refractivity contribution in [2.24, 2.45) is 5.16 Å². The zero-order valence-corrected chi connectivity index (χ0v) is 18.1. The number of carbonyl (C=O) groups is 1. The van der Waals surface area contributed by atoms with Crippen LogP contribution in [-0.4, -0.2) is 51.4 Å². The Bertz CT molecular complexity index is 1000. The first-order valence-electron chi connectivity index (χ1n) is 9.54. The number of esters is 1. The Morgan fingerprint density at radius 1 is 0.935 bits per heavy atom. The van der Waals surface area contributed by atoms with E-state index in [-0.39, 0.29) is 6.42 Å². The van der Waals surface area contributed by atoms with Crippen LogP contribution >= 0.6 is 0 Å². The van der Waals surface area contributed by atoms with E-state index in [1.807, 2.05) is 24.3 Å². The third-order valence-corrected chi connectivity index (χ3v) is 5.04. The normalized spacial score (nSPS) is 16.9.